The number of nitrogens with zero attached hydrogens (tertiary/aromatic N) is 2. The Balaban J connectivity index is 2.71. The number of hydrogen-bond donors (Lipinski definition) is 1. The Morgan fingerprint density at radius 2 is 1.95 bits per heavy atom. The Bertz CT molecular complexity index is 291. The minimum atomic E-state index is 0.0194. The van der Waals surface area contributed by atoms with Crippen LogP contribution in [0.3, 0.4) is 0 Å². The molecule has 19 heavy (non-hydrogen) atoms. The van der Waals surface area contributed by atoms with Gasteiger partial charge >= 0.3 is 0 Å². The van der Waals surface area contributed by atoms with Gasteiger partial charge < -0.3 is 9.80 Å². The third-order valence-corrected chi connectivity index (χ3v) is 3.96. The van der Waals surface area contributed by atoms with E-state index in [0.29, 0.717) is 17.9 Å². The number of rotatable bonds is 7. The van der Waals surface area contributed by atoms with Crippen molar-refractivity contribution in [3.05, 3.63) is 0 Å². The lowest BCUT2D eigenvalue weighted by molar-refractivity contribution is -0.131. The number of amides is 1. The van der Waals surface area contributed by atoms with Crippen LogP contribution < -0.4 is 5.32 Å². The Hall–Kier alpha value is -0.610. The molecule has 0 aromatic heterocycles. The first kappa shape index (κ1) is 16.4. The fraction of sp³-hybridized carbons (Fsp3) is 0.933. The average molecular weight is 269 g/mol. The van der Waals surface area contributed by atoms with E-state index in [-0.39, 0.29) is 12.2 Å². The number of carbonyl (C=O) groups is 1. The van der Waals surface area contributed by atoms with Gasteiger partial charge in [0.15, 0.2) is 0 Å². The predicted octanol–water partition coefficient (Wildman–Crippen LogP) is 1.91. The number of likely N-dealkylation sites (N-methyl/N-ethyl adjacent to an activating group) is 1. The van der Waals surface area contributed by atoms with Crippen molar-refractivity contribution in [2.24, 2.45) is 5.92 Å². The number of nitrogens with one attached hydrogen (secondary N) is 1. The molecule has 4 nitrogen and oxygen atoms in total. The molecule has 1 N–H and O–H groups in total. The van der Waals surface area contributed by atoms with Crippen LogP contribution in [0.15, 0.2) is 0 Å². The van der Waals surface area contributed by atoms with Gasteiger partial charge in [0.1, 0.15) is 0 Å². The molecule has 1 fully saturated rings. The van der Waals surface area contributed by atoms with Gasteiger partial charge in [-0.1, -0.05) is 27.2 Å². The van der Waals surface area contributed by atoms with Gasteiger partial charge in [-0.05, 0) is 39.8 Å². The summed E-state index contributed by atoms with van der Waals surface area (Å²) >= 11 is 0. The van der Waals surface area contributed by atoms with Crippen LogP contribution in [0.25, 0.3) is 0 Å². The van der Waals surface area contributed by atoms with Crippen LogP contribution >= 0.6 is 0 Å². The van der Waals surface area contributed by atoms with Crippen molar-refractivity contribution in [3.63, 3.8) is 0 Å². The monoisotopic (exact) mass is 269 g/mol. The molecule has 3 unspecified atom stereocenters. The lowest BCUT2D eigenvalue weighted by Gasteiger charge is -2.30. The van der Waals surface area contributed by atoms with Gasteiger partial charge in [-0.2, -0.15) is 0 Å². The molecular formula is C15H31N3O. The van der Waals surface area contributed by atoms with E-state index in [2.05, 4.69) is 56.9 Å². The normalized spacial score (nSPS) is 25.7. The molecule has 4 heteroatoms. The summed E-state index contributed by atoms with van der Waals surface area (Å²) in [6.07, 6.45) is 3.31. The lowest BCUT2D eigenvalue weighted by Crippen LogP contribution is -2.45. The highest BCUT2D eigenvalue weighted by molar-refractivity contribution is 5.84. The van der Waals surface area contributed by atoms with Gasteiger partial charge in [0.2, 0.25) is 5.91 Å². The van der Waals surface area contributed by atoms with E-state index in [1.807, 2.05) is 0 Å². The fourth-order valence-electron chi connectivity index (χ4n) is 2.57. The van der Waals surface area contributed by atoms with E-state index in [4.69, 9.17) is 0 Å². The molecule has 1 rings (SSSR count). The SMILES string of the molecule is CCCC1NC(CC(C)C)C(=O)N1CC(C)N(C)C. The Kier molecular flexibility index (Phi) is 6.27. The zero-order valence-electron chi connectivity index (χ0n) is 13.4. The molecule has 0 bridgehead atoms. The topological polar surface area (TPSA) is 35.6 Å². The number of carbonyl (C=O) groups excluding carboxylic acids is 1. The summed E-state index contributed by atoms with van der Waals surface area (Å²) in [5, 5.41) is 3.53. The maximum Gasteiger partial charge on any atom is 0.241 e. The van der Waals surface area contributed by atoms with E-state index in [1.54, 1.807) is 0 Å². The third kappa shape index (κ3) is 4.46. The molecule has 1 aliphatic heterocycles. The molecule has 0 saturated carbocycles. The van der Waals surface area contributed by atoms with Gasteiger partial charge in [0, 0.05) is 12.6 Å². The minimum Gasteiger partial charge on any atom is -0.324 e. The van der Waals surface area contributed by atoms with E-state index in [9.17, 15) is 4.79 Å². The zero-order chi connectivity index (χ0) is 14.6. The molecule has 0 radical (unpaired) electrons. The van der Waals surface area contributed by atoms with Gasteiger partial charge in [0.05, 0.1) is 12.2 Å². The summed E-state index contributed by atoms with van der Waals surface area (Å²) in [6, 6.07) is 0.411. The molecule has 1 amide bonds. The Labute approximate surface area is 118 Å². The van der Waals surface area contributed by atoms with Crippen molar-refractivity contribution in [2.75, 3.05) is 20.6 Å². The molecule has 0 aromatic rings. The first-order valence-corrected chi connectivity index (χ1v) is 7.59. The van der Waals surface area contributed by atoms with Crippen molar-refractivity contribution in [3.8, 4) is 0 Å². The van der Waals surface area contributed by atoms with Crippen molar-refractivity contribution in [1.29, 1.82) is 0 Å². The molecule has 0 aliphatic carbocycles. The van der Waals surface area contributed by atoms with E-state index in [1.165, 1.54) is 0 Å². The van der Waals surface area contributed by atoms with Crippen LogP contribution in [0.5, 0.6) is 0 Å². The molecule has 1 heterocycles. The van der Waals surface area contributed by atoms with E-state index >= 15 is 0 Å². The highest BCUT2D eigenvalue weighted by Gasteiger charge is 2.38. The molecule has 1 aliphatic rings. The van der Waals surface area contributed by atoms with Crippen molar-refractivity contribution in [1.82, 2.24) is 15.1 Å². The summed E-state index contributed by atoms with van der Waals surface area (Å²) in [7, 11) is 4.14. The van der Waals surface area contributed by atoms with Gasteiger partial charge in [0.25, 0.3) is 0 Å². The van der Waals surface area contributed by atoms with Crippen LogP contribution in [0.4, 0.5) is 0 Å². The molecule has 1 saturated heterocycles. The largest absolute Gasteiger partial charge is 0.324 e. The molecule has 3 atom stereocenters. The summed E-state index contributed by atoms with van der Waals surface area (Å²) < 4.78 is 0. The molecular weight excluding hydrogens is 238 g/mol. The lowest BCUT2D eigenvalue weighted by atomic mass is 10.0. The van der Waals surface area contributed by atoms with Crippen LogP contribution in [0.1, 0.15) is 47.0 Å². The second-order valence-corrected chi connectivity index (χ2v) is 6.46. The maximum atomic E-state index is 12.5. The third-order valence-electron chi connectivity index (χ3n) is 3.96. The molecule has 112 valence electrons. The molecule has 0 aromatic carbocycles. The van der Waals surface area contributed by atoms with Crippen LogP contribution in [0.2, 0.25) is 0 Å². The van der Waals surface area contributed by atoms with Gasteiger partial charge in [-0.15, -0.1) is 0 Å². The van der Waals surface area contributed by atoms with Gasteiger partial charge in [-0.25, -0.2) is 0 Å². The average Bonchev–Trinajstić information content (AvgIpc) is 2.57. The summed E-state index contributed by atoms with van der Waals surface area (Å²) in [4.78, 5) is 16.8. The Morgan fingerprint density at radius 3 is 2.42 bits per heavy atom. The second-order valence-electron chi connectivity index (χ2n) is 6.46. The van der Waals surface area contributed by atoms with E-state index < -0.39 is 0 Å². The fourth-order valence-corrected chi connectivity index (χ4v) is 2.57. The maximum absolute atomic E-state index is 12.5. The second kappa shape index (κ2) is 7.25. The number of hydrogen-bond acceptors (Lipinski definition) is 3. The Morgan fingerprint density at radius 1 is 1.32 bits per heavy atom. The minimum absolute atomic E-state index is 0.0194. The van der Waals surface area contributed by atoms with Crippen LogP contribution in [-0.4, -0.2) is 54.6 Å². The standard InChI is InChI=1S/C15H31N3O/c1-7-8-14-16-13(9-11(2)3)15(19)18(14)10-12(4)17(5)6/h11-14,16H,7-10H2,1-6H3. The quantitative estimate of drug-likeness (QED) is 0.767. The van der Waals surface area contributed by atoms with Crippen molar-refractivity contribution in [2.45, 2.75) is 65.2 Å². The van der Waals surface area contributed by atoms with Gasteiger partial charge in [-0.3, -0.25) is 10.1 Å². The smallest absolute Gasteiger partial charge is 0.241 e. The van der Waals surface area contributed by atoms with Crippen molar-refractivity contribution < 1.29 is 4.79 Å². The first-order valence-electron chi connectivity index (χ1n) is 7.59. The zero-order valence-corrected chi connectivity index (χ0v) is 13.4. The first-order chi connectivity index (χ1) is 8.86. The van der Waals surface area contributed by atoms with Crippen LogP contribution in [0, 0.1) is 5.92 Å². The molecule has 0 spiro atoms. The predicted molar refractivity (Wildman–Crippen MR) is 79.9 cm³/mol. The summed E-state index contributed by atoms with van der Waals surface area (Å²) in [5.41, 5.74) is 0. The highest BCUT2D eigenvalue weighted by Crippen LogP contribution is 2.20. The van der Waals surface area contributed by atoms with Crippen LogP contribution in [-0.2, 0) is 4.79 Å². The highest BCUT2D eigenvalue weighted by atomic mass is 16.2. The van der Waals surface area contributed by atoms with E-state index in [0.717, 1.165) is 25.8 Å². The summed E-state index contributed by atoms with van der Waals surface area (Å²) in [5.74, 6) is 0.843. The summed E-state index contributed by atoms with van der Waals surface area (Å²) in [6.45, 7) is 9.52. The van der Waals surface area contributed by atoms with Crippen molar-refractivity contribution >= 4 is 5.91 Å².